The first kappa shape index (κ1) is 15.2. The third-order valence-electron chi connectivity index (χ3n) is 5.26. The Morgan fingerprint density at radius 3 is 2.30 bits per heavy atom. The number of hydrogen-bond donors (Lipinski definition) is 1. The lowest BCUT2D eigenvalue weighted by Crippen LogP contribution is -2.27. The van der Waals surface area contributed by atoms with E-state index in [1.807, 2.05) is 0 Å². The Morgan fingerprint density at radius 1 is 1.20 bits per heavy atom. The highest BCUT2D eigenvalue weighted by molar-refractivity contribution is 5.28. The molecule has 0 aliphatic heterocycles. The van der Waals surface area contributed by atoms with Gasteiger partial charge in [0.05, 0.1) is 13.2 Å². The molecule has 0 aromatic carbocycles. The third kappa shape index (κ3) is 2.30. The SMILES string of the molecule is CCCNC(c1nccnc1OC)C1C(C)(C)C1(C)C. The van der Waals surface area contributed by atoms with Crippen molar-refractivity contribution in [3.8, 4) is 5.88 Å². The van der Waals surface area contributed by atoms with Gasteiger partial charge in [0.25, 0.3) is 0 Å². The summed E-state index contributed by atoms with van der Waals surface area (Å²) < 4.78 is 5.41. The fraction of sp³-hybridized carbons (Fsp3) is 0.750. The zero-order chi connectivity index (χ0) is 15.0. The van der Waals surface area contributed by atoms with E-state index in [4.69, 9.17) is 4.74 Å². The summed E-state index contributed by atoms with van der Waals surface area (Å²) in [6, 6.07) is 0.198. The first-order valence-electron chi connectivity index (χ1n) is 7.46. The fourth-order valence-electron chi connectivity index (χ4n) is 3.46. The second-order valence-corrected chi connectivity index (χ2v) is 6.80. The summed E-state index contributed by atoms with van der Waals surface area (Å²) in [5.41, 5.74) is 1.52. The number of nitrogens with zero attached hydrogens (tertiary/aromatic N) is 2. The summed E-state index contributed by atoms with van der Waals surface area (Å²) in [6.45, 7) is 12.5. The summed E-state index contributed by atoms with van der Waals surface area (Å²) in [4.78, 5) is 8.85. The Balaban J connectivity index is 2.34. The zero-order valence-electron chi connectivity index (χ0n) is 13.5. The minimum Gasteiger partial charge on any atom is -0.480 e. The summed E-state index contributed by atoms with van der Waals surface area (Å²) in [5.74, 6) is 1.17. The third-order valence-corrected chi connectivity index (χ3v) is 5.26. The molecule has 112 valence electrons. The highest BCUT2D eigenvalue weighted by Gasteiger charge is 2.67. The molecule has 1 fully saturated rings. The van der Waals surface area contributed by atoms with E-state index in [-0.39, 0.29) is 6.04 Å². The van der Waals surface area contributed by atoms with E-state index in [1.165, 1.54) is 0 Å². The van der Waals surface area contributed by atoms with E-state index in [1.54, 1.807) is 19.5 Å². The van der Waals surface area contributed by atoms with Crippen LogP contribution in [0.25, 0.3) is 0 Å². The van der Waals surface area contributed by atoms with Crippen molar-refractivity contribution < 1.29 is 4.74 Å². The number of hydrogen-bond acceptors (Lipinski definition) is 4. The van der Waals surface area contributed by atoms with Gasteiger partial charge >= 0.3 is 0 Å². The molecule has 2 rings (SSSR count). The van der Waals surface area contributed by atoms with Gasteiger partial charge in [-0.2, -0.15) is 0 Å². The molecule has 0 spiro atoms. The van der Waals surface area contributed by atoms with Crippen molar-refractivity contribution in [3.05, 3.63) is 18.1 Å². The number of methoxy groups -OCH3 is 1. The second kappa shape index (κ2) is 5.32. The molecule has 0 radical (unpaired) electrons. The summed E-state index contributed by atoms with van der Waals surface area (Å²) in [7, 11) is 1.66. The van der Waals surface area contributed by atoms with Gasteiger partial charge in [0.1, 0.15) is 5.69 Å². The van der Waals surface area contributed by atoms with Crippen LogP contribution in [0.4, 0.5) is 0 Å². The van der Waals surface area contributed by atoms with Crippen LogP contribution in [0.1, 0.15) is 52.8 Å². The van der Waals surface area contributed by atoms with Gasteiger partial charge in [-0.25, -0.2) is 4.98 Å². The second-order valence-electron chi connectivity index (χ2n) is 6.80. The summed E-state index contributed by atoms with van der Waals surface area (Å²) in [6.07, 6.45) is 4.54. The number of rotatable bonds is 6. The van der Waals surface area contributed by atoms with Crippen LogP contribution in [-0.4, -0.2) is 23.6 Å². The van der Waals surface area contributed by atoms with Crippen molar-refractivity contribution in [2.24, 2.45) is 16.7 Å². The average molecular weight is 277 g/mol. The molecule has 1 atom stereocenters. The molecule has 1 aliphatic carbocycles. The van der Waals surface area contributed by atoms with Crippen LogP contribution in [0.2, 0.25) is 0 Å². The van der Waals surface area contributed by atoms with Crippen LogP contribution in [0.3, 0.4) is 0 Å². The van der Waals surface area contributed by atoms with E-state index < -0.39 is 0 Å². The van der Waals surface area contributed by atoms with Gasteiger partial charge in [0.15, 0.2) is 0 Å². The van der Waals surface area contributed by atoms with Crippen LogP contribution in [0.5, 0.6) is 5.88 Å². The van der Waals surface area contributed by atoms with Crippen LogP contribution < -0.4 is 10.1 Å². The monoisotopic (exact) mass is 277 g/mol. The quantitative estimate of drug-likeness (QED) is 0.867. The average Bonchev–Trinajstić information content (AvgIpc) is 2.82. The highest BCUT2D eigenvalue weighted by atomic mass is 16.5. The lowest BCUT2D eigenvalue weighted by molar-refractivity contribution is 0.351. The lowest BCUT2D eigenvalue weighted by Gasteiger charge is -2.21. The van der Waals surface area contributed by atoms with E-state index in [0.717, 1.165) is 18.7 Å². The van der Waals surface area contributed by atoms with Gasteiger partial charge < -0.3 is 10.1 Å². The number of ether oxygens (including phenoxy) is 1. The molecular formula is C16H27N3O. The highest BCUT2D eigenvalue weighted by Crippen LogP contribution is 2.72. The Morgan fingerprint density at radius 2 is 1.80 bits per heavy atom. The van der Waals surface area contributed by atoms with Crippen molar-refractivity contribution >= 4 is 0 Å². The molecular weight excluding hydrogens is 250 g/mol. The molecule has 0 bridgehead atoms. The maximum Gasteiger partial charge on any atom is 0.237 e. The maximum absolute atomic E-state index is 5.41. The molecule has 1 heterocycles. The fourth-order valence-corrected chi connectivity index (χ4v) is 3.46. The van der Waals surface area contributed by atoms with Crippen molar-refractivity contribution in [2.45, 2.75) is 47.1 Å². The van der Waals surface area contributed by atoms with Crippen LogP contribution in [0.15, 0.2) is 12.4 Å². The van der Waals surface area contributed by atoms with Crippen LogP contribution >= 0.6 is 0 Å². The summed E-state index contributed by atoms with van der Waals surface area (Å²) in [5, 5.41) is 3.65. The Labute approximate surface area is 122 Å². The molecule has 20 heavy (non-hydrogen) atoms. The smallest absolute Gasteiger partial charge is 0.237 e. The van der Waals surface area contributed by atoms with Crippen LogP contribution in [0, 0.1) is 16.7 Å². The van der Waals surface area contributed by atoms with Crippen molar-refractivity contribution in [1.29, 1.82) is 0 Å². The number of aromatic nitrogens is 2. The molecule has 1 aromatic rings. The normalized spacial score (nSPS) is 21.5. The standard InChI is InChI=1S/C16H27N3O/c1-7-8-17-11(13-15(2,3)16(13,4)5)12-14(20-6)19-10-9-18-12/h9-11,13,17H,7-8H2,1-6H3. The van der Waals surface area contributed by atoms with Gasteiger partial charge in [-0.3, -0.25) is 4.98 Å². The van der Waals surface area contributed by atoms with Gasteiger partial charge in [-0.1, -0.05) is 34.6 Å². The van der Waals surface area contributed by atoms with Crippen LogP contribution in [-0.2, 0) is 0 Å². The minimum absolute atomic E-state index is 0.198. The molecule has 1 unspecified atom stereocenters. The maximum atomic E-state index is 5.41. The number of nitrogens with one attached hydrogen (secondary N) is 1. The molecule has 4 nitrogen and oxygen atoms in total. The lowest BCUT2D eigenvalue weighted by atomic mass is 10.0. The first-order valence-corrected chi connectivity index (χ1v) is 7.46. The van der Waals surface area contributed by atoms with Gasteiger partial charge in [0, 0.05) is 12.4 Å². The summed E-state index contributed by atoms with van der Waals surface area (Å²) >= 11 is 0. The Hall–Kier alpha value is -1.16. The largest absolute Gasteiger partial charge is 0.480 e. The molecule has 1 aliphatic rings. The van der Waals surface area contributed by atoms with E-state index in [9.17, 15) is 0 Å². The predicted molar refractivity (Wildman–Crippen MR) is 80.7 cm³/mol. The molecule has 1 aromatic heterocycles. The molecule has 1 N–H and O–H groups in total. The van der Waals surface area contributed by atoms with Crippen molar-refractivity contribution in [3.63, 3.8) is 0 Å². The van der Waals surface area contributed by atoms with Crippen molar-refractivity contribution in [2.75, 3.05) is 13.7 Å². The van der Waals surface area contributed by atoms with E-state index in [2.05, 4.69) is 49.9 Å². The molecule has 0 saturated heterocycles. The molecule has 4 heteroatoms. The van der Waals surface area contributed by atoms with Gasteiger partial charge in [-0.05, 0) is 29.7 Å². The van der Waals surface area contributed by atoms with E-state index in [0.29, 0.717) is 22.6 Å². The molecule has 1 saturated carbocycles. The minimum atomic E-state index is 0.198. The van der Waals surface area contributed by atoms with Gasteiger partial charge in [-0.15, -0.1) is 0 Å². The Bertz CT molecular complexity index is 457. The topological polar surface area (TPSA) is 47.0 Å². The Kier molecular flexibility index (Phi) is 4.05. The van der Waals surface area contributed by atoms with Crippen molar-refractivity contribution in [1.82, 2.24) is 15.3 Å². The molecule has 0 amide bonds. The first-order chi connectivity index (χ1) is 9.37. The van der Waals surface area contributed by atoms with E-state index >= 15 is 0 Å². The predicted octanol–water partition coefficient (Wildman–Crippen LogP) is 3.21. The zero-order valence-corrected chi connectivity index (χ0v) is 13.5. The van der Waals surface area contributed by atoms with Gasteiger partial charge in [0.2, 0.25) is 5.88 Å².